The van der Waals surface area contributed by atoms with Crippen LogP contribution >= 0.6 is 0 Å². The average Bonchev–Trinajstić information content (AvgIpc) is 3.13. The third kappa shape index (κ3) is 6.66. The largest absolute Gasteiger partial charge is 0.469 e. The Morgan fingerprint density at radius 2 is 1.52 bits per heavy atom. The van der Waals surface area contributed by atoms with Crippen LogP contribution in [0.2, 0.25) is 23.4 Å². The summed E-state index contributed by atoms with van der Waals surface area (Å²) in [4.78, 5) is 0.298. The van der Waals surface area contributed by atoms with Crippen molar-refractivity contribution in [3.63, 3.8) is 0 Å². The third-order valence-corrected chi connectivity index (χ3v) is 16.2. The highest BCUT2D eigenvalue weighted by atomic mass is 32.2. The van der Waals surface area contributed by atoms with E-state index in [0.717, 1.165) is 23.1 Å². The van der Waals surface area contributed by atoms with E-state index in [0.29, 0.717) is 17.9 Å². The van der Waals surface area contributed by atoms with Gasteiger partial charge >= 0.3 is 7.12 Å². The summed E-state index contributed by atoms with van der Waals surface area (Å²) < 4.78 is 50.0. The SMILES string of the molecule is Cc1ccc(S(=O)(=O)N2CC(c3ccccc3)=CC(CCCO[Si](C)(C)C(C)(C)C)(B3OC(C)(C)C(C)(C)O3)C2)cc1. The van der Waals surface area contributed by atoms with Crippen LogP contribution in [0.25, 0.3) is 5.57 Å². The molecule has 0 aliphatic carbocycles. The molecule has 230 valence electrons. The highest BCUT2D eigenvalue weighted by molar-refractivity contribution is 7.89. The van der Waals surface area contributed by atoms with Crippen LogP contribution in [0, 0.1) is 6.92 Å². The summed E-state index contributed by atoms with van der Waals surface area (Å²) >= 11 is 0. The molecule has 42 heavy (non-hydrogen) atoms. The molecule has 2 aromatic carbocycles. The maximum Gasteiger partial charge on any atom is 0.469 e. The number of sulfonamides is 1. The van der Waals surface area contributed by atoms with E-state index >= 15 is 0 Å². The first-order valence-corrected chi connectivity index (χ1v) is 19.5. The molecule has 0 saturated carbocycles. The van der Waals surface area contributed by atoms with Crippen molar-refractivity contribution < 1.29 is 22.2 Å². The van der Waals surface area contributed by atoms with Gasteiger partial charge in [0.05, 0.1) is 16.1 Å². The van der Waals surface area contributed by atoms with Gasteiger partial charge in [0, 0.05) is 25.0 Å². The Bertz CT molecular complexity index is 1370. The molecule has 1 fully saturated rings. The molecular weight excluding hydrogens is 561 g/mol. The fourth-order valence-corrected chi connectivity index (χ4v) is 7.89. The molecule has 2 aliphatic heterocycles. The van der Waals surface area contributed by atoms with Gasteiger partial charge in [-0.25, -0.2) is 8.42 Å². The fraction of sp³-hybridized carbons (Fsp3) is 0.576. The maximum atomic E-state index is 14.2. The molecule has 4 rings (SSSR count). The van der Waals surface area contributed by atoms with Crippen LogP contribution in [0.3, 0.4) is 0 Å². The fourth-order valence-electron chi connectivity index (χ4n) is 5.30. The van der Waals surface area contributed by atoms with Crippen LogP contribution in [0.5, 0.6) is 0 Å². The second-order valence-corrected chi connectivity index (χ2v) is 21.4. The Hall–Kier alpha value is -1.75. The van der Waals surface area contributed by atoms with Crippen LogP contribution in [0.15, 0.2) is 65.6 Å². The summed E-state index contributed by atoms with van der Waals surface area (Å²) in [6.45, 7) is 22.6. The lowest BCUT2D eigenvalue weighted by Gasteiger charge is -2.42. The first-order valence-electron chi connectivity index (χ1n) is 15.1. The van der Waals surface area contributed by atoms with E-state index in [9.17, 15) is 8.42 Å². The van der Waals surface area contributed by atoms with Crippen LogP contribution in [0.1, 0.15) is 72.4 Å². The molecule has 0 amide bonds. The van der Waals surface area contributed by atoms with Gasteiger partial charge in [0.2, 0.25) is 10.0 Å². The summed E-state index contributed by atoms with van der Waals surface area (Å²) in [6, 6.07) is 17.2. The number of benzene rings is 2. The molecular formula is C33H50BNO5SSi. The molecule has 0 aromatic heterocycles. The number of nitrogens with zero attached hydrogens (tertiary/aromatic N) is 1. The van der Waals surface area contributed by atoms with Gasteiger partial charge in [-0.2, -0.15) is 4.31 Å². The zero-order valence-corrected chi connectivity index (χ0v) is 29.1. The molecule has 1 unspecified atom stereocenters. The quantitative estimate of drug-likeness (QED) is 0.215. The first kappa shape index (κ1) is 33.2. The minimum absolute atomic E-state index is 0.112. The van der Waals surface area contributed by atoms with Crippen molar-refractivity contribution in [2.45, 2.75) is 108 Å². The Morgan fingerprint density at radius 1 is 0.952 bits per heavy atom. The minimum Gasteiger partial charge on any atom is -0.417 e. The molecule has 9 heteroatoms. The summed E-state index contributed by atoms with van der Waals surface area (Å²) in [5.41, 5.74) is 1.87. The first-order chi connectivity index (χ1) is 19.3. The van der Waals surface area contributed by atoms with E-state index in [4.69, 9.17) is 13.7 Å². The van der Waals surface area contributed by atoms with E-state index in [1.54, 1.807) is 16.4 Å². The molecule has 0 spiro atoms. The zero-order valence-electron chi connectivity index (χ0n) is 27.3. The summed E-state index contributed by atoms with van der Waals surface area (Å²) in [5, 5.41) is -0.608. The van der Waals surface area contributed by atoms with Crippen LogP contribution < -0.4 is 0 Å². The number of aryl methyl sites for hydroxylation is 1. The van der Waals surface area contributed by atoms with Crippen molar-refractivity contribution in [2.24, 2.45) is 0 Å². The van der Waals surface area contributed by atoms with Gasteiger partial charge in [0.15, 0.2) is 8.32 Å². The molecule has 6 nitrogen and oxygen atoms in total. The smallest absolute Gasteiger partial charge is 0.417 e. The highest BCUT2D eigenvalue weighted by Gasteiger charge is 2.60. The van der Waals surface area contributed by atoms with Crippen molar-refractivity contribution in [1.29, 1.82) is 0 Å². The van der Waals surface area contributed by atoms with E-state index in [1.165, 1.54) is 0 Å². The Labute approximate surface area is 256 Å². The summed E-state index contributed by atoms with van der Waals surface area (Å²) in [5.74, 6) is 0. The predicted octanol–water partition coefficient (Wildman–Crippen LogP) is 7.72. The van der Waals surface area contributed by atoms with Gasteiger partial charge in [0.1, 0.15) is 0 Å². The van der Waals surface area contributed by atoms with Crippen molar-refractivity contribution in [1.82, 2.24) is 4.31 Å². The zero-order chi connectivity index (χ0) is 31.2. The van der Waals surface area contributed by atoms with Crippen molar-refractivity contribution >= 4 is 31.0 Å². The standard InChI is InChI=1S/C33H50BNO5SSi/c1-26-17-19-29(20-18-26)41(36,37)35-24-28(27-15-12-11-13-16-27)23-33(25-35,34-39-31(5,6)32(7,8)40-34)21-14-22-38-42(9,10)30(2,3)4/h11-13,15-20,23H,14,21-22,24-25H2,1-10H3. The molecule has 1 atom stereocenters. The molecule has 0 radical (unpaired) electrons. The minimum atomic E-state index is -3.79. The lowest BCUT2D eigenvalue weighted by molar-refractivity contribution is 0.00578. The monoisotopic (exact) mass is 611 g/mol. The summed E-state index contributed by atoms with van der Waals surface area (Å²) in [7, 11) is -6.35. The van der Waals surface area contributed by atoms with Crippen molar-refractivity contribution in [2.75, 3.05) is 19.7 Å². The van der Waals surface area contributed by atoms with Crippen LogP contribution in [-0.4, -0.2) is 59.1 Å². The summed E-state index contributed by atoms with van der Waals surface area (Å²) in [6.07, 6.45) is 3.67. The van der Waals surface area contributed by atoms with Gasteiger partial charge in [-0.1, -0.05) is 74.9 Å². The number of hydrogen-bond donors (Lipinski definition) is 0. The Morgan fingerprint density at radius 3 is 2.07 bits per heavy atom. The van der Waals surface area contributed by atoms with Gasteiger partial charge in [-0.15, -0.1) is 0 Å². The molecule has 1 saturated heterocycles. The molecule has 2 aliphatic rings. The number of rotatable bonds is 9. The average molecular weight is 612 g/mol. The van der Waals surface area contributed by atoms with Gasteiger partial charge in [-0.3, -0.25) is 0 Å². The predicted molar refractivity (Wildman–Crippen MR) is 176 cm³/mol. The van der Waals surface area contributed by atoms with E-state index in [-0.39, 0.29) is 18.1 Å². The molecule has 0 bridgehead atoms. The third-order valence-electron chi connectivity index (χ3n) is 9.86. The van der Waals surface area contributed by atoms with E-state index < -0.39 is 42.0 Å². The highest BCUT2D eigenvalue weighted by Crippen LogP contribution is 2.52. The van der Waals surface area contributed by atoms with Crippen LogP contribution in [-0.2, 0) is 23.8 Å². The molecule has 2 aromatic rings. The second kappa shape index (κ2) is 11.6. The Kier molecular flexibility index (Phi) is 9.19. The van der Waals surface area contributed by atoms with Gasteiger partial charge < -0.3 is 13.7 Å². The topological polar surface area (TPSA) is 65.1 Å². The lowest BCUT2D eigenvalue weighted by Crippen LogP contribution is -2.49. The van der Waals surface area contributed by atoms with Crippen LogP contribution in [0.4, 0.5) is 0 Å². The number of hydrogen-bond acceptors (Lipinski definition) is 5. The van der Waals surface area contributed by atoms with E-state index in [1.807, 2.05) is 77.1 Å². The van der Waals surface area contributed by atoms with Gasteiger partial charge in [-0.05, 0) is 88.9 Å². The molecule has 2 heterocycles. The van der Waals surface area contributed by atoms with Crippen molar-refractivity contribution in [3.05, 3.63) is 71.8 Å². The van der Waals surface area contributed by atoms with Gasteiger partial charge in [0.25, 0.3) is 0 Å². The second-order valence-electron chi connectivity index (χ2n) is 14.7. The molecule has 0 N–H and O–H groups in total. The van der Waals surface area contributed by atoms with Crippen molar-refractivity contribution in [3.8, 4) is 0 Å². The van der Waals surface area contributed by atoms with E-state index in [2.05, 4.69) is 39.9 Å². The maximum absolute atomic E-state index is 14.2. The Balaban J connectivity index is 1.78. The normalized spacial score (nSPS) is 23.2. The lowest BCUT2D eigenvalue weighted by atomic mass is 9.53.